The van der Waals surface area contributed by atoms with Crippen molar-refractivity contribution in [2.24, 2.45) is 0 Å². The Balaban J connectivity index is 1.76. The first-order valence-electron chi connectivity index (χ1n) is 11.0. The van der Waals surface area contributed by atoms with Crippen LogP contribution in [0.25, 0.3) is 10.2 Å². The molecule has 1 aliphatic heterocycles. The Kier molecular flexibility index (Phi) is 6.65. The molecule has 1 fully saturated rings. The molecular formula is C24H28N2O4S2. The van der Waals surface area contributed by atoms with Crippen LogP contribution in [0.4, 0.5) is 5.13 Å². The first-order valence-corrected chi connectivity index (χ1v) is 13.4. The lowest BCUT2D eigenvalue weighted by atomic mass is 10.0. The average Bonchev–Trinajstić information content (AvgIpc) is 3.46. The number of carbonyl (C=O) groups excluding carboxylic acids is 1. The highest BCUT2D eigenvalue weighted by atomic mass is 32.2. The van der Waals surface area contributed by atoms with Crippen LogP contribution in [0.3, 0.4) is 0 Å². The van der Waals surface area contributed by atoms with Crippen LogP contribution in [0.15, 0.2) is 47.4 Å². The molecule has 1 aromatic heterocycles. The van der Waals surface area contributed by atoms with Crippen LogP contribution in [-0.2, 0) is 14.6 Å². The fourth-order valence-corrected chi connectivity index (χ4v) is 5.86. The molecule has 1 unspecified atom stereocenters. The van der Waals surface area contributed by atoms with Gasteiger partial charge in [0.25, 0.3) is 5.91 Å². The summed E-state index contributed by atoms with van der Waals surface area (Å²) in [7, 11) is -3.41. The largest absolute Gasteiger partial charge is 0.376 e. The minimum absolute atomic E-state index is 0.0138. The maximum atomic E-state index is 13.6. The molecule has 6 nitrogen and oxygen atoms in total. The second-order valence-corrected chi connectivity index (χ2v) is 11.6. The summed E-state index contributed by atoms with van der Waals surface area (Å²) < 4.78 is 31.6. The number of para-hydroxylation sites is 1. The molecule has 170 valence electrons. The molecule has 1 aliphatic rings. The maximum absolute atomic E-state index is 13.6. The minimum Gasteiger partial charge on any atom is -0.376 e. The van der Waals surface area contributed by atoms with Crippen molar-refractivity contribution in [1.82, 2.24) is 4.98 Å². The zero-order valence-electron chi connectivity index (χ0n) is 18.6. The third-order valence-corrected chi connectivity index (χ3v) is 8.54. The van der Waals surface area contributed by atoms with Crippen LogP contribution in [0.5, 0.6) is 0 Å². The van der Waals surface area contributed by atoms with Crippen LogP contribution in [0.2, 0.25) is 0 Å². The summed E-state index contributed by atoms with van der Waals surface area (Å²) >= 11 is 1.48. The molecule has 0 spiro atoms. The van der Waals surface area contributed by atoms with Crippen molar-refractivity contribution in [2.75, 3.05) is 23.8 Å². The Labute approximate surface area is 193 Å². The van der Waals surface area contributed by atoms with E-state index >= 15 is 0 Å². The third-order valence-electron chi connectivity index (χ3n) is 5.77. The number of benzene rings is 2. The predicted molar refractivity (Wildman–Crippen MR) is 129 cm³/mol. The number of aromatic nitrogens is 1. The predicted octanol–water partition coefficient (Wildman–Crippen LogP) is 5.04. The lowest BCUT2D eigenvalue weighted by molar-refractivity contribution is 0.0917. The molecule has 8 heteroatoms. The Hall–Kier alpha value is -2.29. The Morgan fingerprint density at radius 3 is 2.72 bits per heavy atom. The molecule has 0 N–H and O–H groups in total. The van der Waals surface area contributed by atoms with E-state index in [1.165, 1.54) is 23.5 Å². The van der Waals surface area contributed by atoms with Gasteiger partial charge in [-0.1, -0.05) is 50.3 Å². The van der Waals surface area contributed by atoms with Gasteiger partial charge in [-0.05, 0) is 48.6 Å². The smallest absolute Gasteiger partial charge is 0.260 e. The number of hydrogen-bond acceptors (Lipinski definition) is 6. The number of thiazole rings is 1. The zero-order chi connectivity index (χ0) is 22.9. The summed E-state index contributed by atoms with van der Waals surface area (Å²) in [6, 6.07) is 12.4. The number of sulfone groups is 1. The van der Waals surface area contributed by atoms with E-state index in [1.807, 2.05) is 12.1 Å². The van der Waals surface area contributed by atoms with E-state index in [0.29, 0.717) is 29.8 Å². The molecule has 0 aliphatic carbocycles. The maximum Gasteiger partial charge on any atom is 0.260 e. The fraction of sp³-hybridized carbons (Fsp3) is 0.417. The van der Waals surface area contributed by atoms with Gasteiger partial charge in [-0.3, -0.25) is 9.69 Å². The number of fused-ring (bicyclic) bond motifs is 1. The van der Waals surface area contributed by atoms with E-state index in [1.54, 1.807) is 24.0 Å². The van der Waals surface area contributed by atoms with Crippen molar-refractivity contribution in [3.63, 3.8) is 0 Å². The summed E-state index contributed by atoms with van der Waals surface area (Å²) in [6.45, 7) is 6.93. The third kappa shape index (κ3) is 4.58. The molecule has 3 aromatic rings. The van der Waals surface area contributed by atoms with Crippen molar-refractivity contribution in [1.29, 1.82) is 0 Å². The van der Waals surface area contributed by atoms with Gasteiger partial charge in [-0.25, -0.2) is 13.4 Å². The highest BCUT2D eigenvalue weighted by Crippen LogP contribution is 2.35. The normalized spacial score (nSPS) is 16.7. The van der Waals surface area contributed by atoms with Gasteiger partial charge in [0.15, 0.2) is 15.0 Å². The highest BCUT2D eigenvalue weighted by Gasteiger charge is 2.28. The molecule has 1 saturated heterocycles. The van der Waals surface area contributed by atoms with Gasteiger partial charge >= 0.3 is 0 Å². The standard InChI is InChI=1S/C24H28N2O4S2/c1-4-32(28,29)19-10-5-8-17(14-19)23(27)26(15-18-9-7-13-30-18)24-25-22-20(16(2)3)11-6-12-21(22)31-24/h5-6,8,10-12,14,16,18H,4,7,9,13,15H2,1-3H3. The van der Waals surface area contributed by atoms with Crippen LogP contribution in [0, 0.1) is 0 Å². The van der Waals surface area contributed by atoms with E-state index in [4.69, 9.17) is 9.72 Å². The Bertz CT molecular complexity index is 1230. The van der Waals surface area contributed by atoms with Gasteiger partial charge in [0.05, 0.1) is 33.5 Å². The lowest BCUT2D eigenvalue weighted by Gasteiger charge is -2.23. The number of anilines is 1. The SMILES string of the molecule is CCS(=O)(=O)c1cccc(C(=O)N(CC2CCCO2)c2nc3c(C(C)C)cccc3s2)c1. The van der Waals surface area contributed by atoms with Gasteiger partial charge in [0.1, 0.15) is 0 Å². The summed E-state index contributed by atoms with van der Waals surface area (Å²) in [4.78, 5) is 20.3. The van der Waals surface area contributed by atoms with Crippen molar-refractivity contribution < 1.29 is 17.9 Å². The number of hydrogen-bond donors (Lipinski definition) is 0. The first kappa shape index (κ1) is 22.9. The van der Waals surface area contributed by atoms with Crippen LogP contribution in [0.1, 0.15) is 55.5 Å². The highest BCUT2D eigenvalue weighted by molar-refractivity contribution is 7.91. The lowest BCUT2D eigenvalue weighted by Crippen LogP contribution is -2.37. The van der Waals surface area contributed by atoms with Gasteiger partial charge in [-0.15, -0.1) is 0 Å². The number of carbonyl (C=O) groups is 1. The zero-order valence-corrected chi connectivity index (χ0v) is 20.2. The molecule has 2 heterocycles. The molecular weight excluding hydrogens is 444 g/mol. The number of rotatable bonds is 7. The molecule has 0 saturated carbocycles. The van der Waals surface area contributed by atoms with Gasteiger partial charge in [-0.2, -0.15) is 0 Å². The van der Waals surface area contributed by atoms with Crippen molar-refractivity contribution in [2.45, 2.75) is 50.5 Å². The average molecular weight is 473 g/mol. The minimum atomic E-state index is -3.41. The fourth-order valence-electron chi connectivity index (χ4n) is 3.92. The topological polar surface area (TPSA) is 76.6 Å². The molecule has 32 heavy (non-hydrogen) atoms. The first-order chi connectivity index (χ1) is 15.3. The van der Waals surface area contributed by atoms with Crippen LogP contribution >= 0.6 is 11.3 Å². The van der Waals surface area contributed by atoms with Crippen LogP contribution < -0.4 is 4.90 Å². The van der Waals surface area contributed by atoms with E-state index in [9.17, 15) is 13.2 Å². The molecule has 0 bridgehead atoms. The molecule has 0 radical (unpaired) electrons. The summed E-state index contributed by atoms with van der Waals surface area (Å²) in [5, 5.41) is 0.609. The van der Waals surface area contributed by atoms with Gasteiger partial charge < -0.3 is 4.74 Å². The number of ether oxygens (including phenoxy) is 1. The van der Waals surface area contributed by atoms with E-state index in [0.717, 1.165) is 28.6 Å². The molecule has 1 atom stereocenters. The van der Waals surface area contributed by atoms with Gasteiger partial charge in [0, 0.05) is 12.2 Å². The van der Waals surface area contributed by atoms with Crippen molar-refractivity contribution in [3.8, 4) is 0 Å². The Morgan fingerprint density at radius 1 is 1.25 bits per heavy atom. The quantitative estimate of drug-likeness (QED) is 0.482. The number of nitrogens with zero attached hydrogens (tertiary/aromatic N) is 2. The molecule has 2 aromatic carbocycles. The molecule has 4 rings (SSSR count). The Morgan fingerprint density at radius 2 is 2.03 bits per heavy atom. The second-order valence-electron chi connectivity index (χ2n) is 8.33. The van der Waals surface area contributed by atoms with Crippen LogP contribution in [-0.4, -0.2) is 44.3 Å². The van der Waals surface area contributed by atoms with E-state index in [-0.39, 0.29) is 22.7 Å². The monoisotopic (exact) mass is 472 g/mol. The molecule has 1 amide bonds. The van der Waals surface area contributed by atoms with Gasteiger partial charge in [0.2, 0.25) is 0 Å². The van der Waals surface area contributed by atoms with Crippen molar-refractivity contribution >= 4 is 42.4 Å². The van der Waals surface area contributed by atoms with E-state index in [2.05, 4.69) is 19.9 Å². The van der Waals surface area contributed by atoms with E-state index < -0.39 is 9.84 Å². The summed E-state index contributed by atoms with van der Waals surface area (Å²) in [5.41, 5.74) is 2.39. The summed E-state index contributed by atoms with van der Waals surface area (Å²) in [6.07, 6.45) is 1.79. The van der Waals surface area contributed by atoms with Crippen molar-refractivity contribution in [3.05, 3.63) is 53.6 Å². The summed E-state index contributed by atoms with van der Waals surface area (Å²) in [5.74, 6) is 0.0332. The second kappa shape index (κ2) is 9.29. The number of amides is 1.